The summed E-state index contributed by atoms with van der Waals surface area (Å²) in [7, 11) is 0. The van der Waals surface area contributed by atoms with Crippen molar-refractivity contribution in [1.29, 1.82) is 0 Å². The number of hydrogen-bond acceptors (Lipinski definition) is 18. The minimum Gasteiger partial charge on any atom is -0.369 e. The first kappa shape index (κ1) is 56.7. The first-order valence-electron chi connectivity index (χ1n) is 16.8. The van der Waals surface area contributed by atoms with Crippen LogP contribution < -0.4 is 28.3 Å². The Hall–Kier alpha value is -6.04. The lowest BCUT2D eigenvalue weighted by molar-refractivity contribution is -0.193. The number of nitrogens with two attached hydrogens (primary N) is 3. The van der Waals surface area contributed by atoms with E-state index in [1.165, 1.54) is 0 Å². The predicted octanol–water partition coefficient (Wildman–Crippen LogP) is 1.22. The van der Waals surface area contributed by atoms with Gasteiger partial charge in [0, 0.05) is 49.4 Å². The Bertz CT molecular complexity index is 1250. The third kappa shape index (κ3) is 39.2. The van der Waals surface area contributed by atoms with Crippen molar-refractivity contribution in [3.8, 4) is 0 Å². The molecule has 23 heteroatoms. The van der Waals surface area contributed by atoms with Gasteiger partial charge in [0.05, 0.1) is 0 Å². The van der Waals surface area contributed by atoms with E-state index < -0.39 is 35.5 Å². The smallest absolute Gasteiger partial charge is 0.356 e. The third-order valence-electron chi connectivity index (χ3n) is 5.41. The Morgan fingerprint density at radius 3 is 1.57 bits per heavy atom. The van der Waals surface area contributed by atoms with Gasteiger partial charge >= 0.3 is 5.97 Å². The standard InChI is InChI=1S/C12H23N3O4.C7H12N2O3.C7H7NO4.C4H10N2O2.C3H5NO/c1-4-6-14-18-8-19-15-12(17)10(5-2)7-9(3)11(13)16;1-3-5-8-11-6-12-9-7(10)4-2;1-2-7(11)12-8-5(9)3-4-6(8)10;1-2-3-6-8-4-7-5;1-2-3(4)5/h6,9-10H,4-5,7-8H2,1-3H3,(H2,13,16)(H,15,17);4-5H,2-3,6H2,1H3,(H,9,10);2H,1,3-4H2;3H,2,4-5H2,1H3;2H,1H2,(H2,4,5)/b14-6+;8-5+;;6-3+;. The van der Waals surface area contributed by atoms with Crippen LogP contribution in [-0.2, 0) is 67.4 Å². The van der Waals surface area contributed by atoms with Gasteiger partial charge in [0.25, 0.3) is 17.7 Å². The molecule has 1 heterocycles. The van der Waals surface area contributed by atoms with Crippen molar-refractivity contribution < 1.29 is 67.4 Å². The molecule has 1 rings (SSSR count). The molecule has 2 atom stereocenters. The summed E-state index contributed by atoms with van der Waals surface area (Å²) in [5.74, 6) is 0.554. The summed E-state index contributed by atoms with van der Waals surface area (Å²) in [4.78, 5) is 106. The molecule has 56 heavy (non-hydrogen) atoms. The molecule has 0 spiro atoms. The normalized spacial score (nSPS) is 12.4. The second-order valence-corrected chi connectivity index (χ2v) is 9.87. The van der Waals surface area contributed by atoms with Crippen molar-refractivity contribution in [2.75, 3.05) is 20.4 Å². The summed E-state index contributed by atoms with van der Waals surface area (Å²) >= 11 is 0. The number of nitrogens with one attached hydrogen (secondary N) is 2. The molecule has 2 unspecified atom stereocenters. The molecule has 23 nitrogen and oxygen atoms in total. The maximum absolute atomic E-state index is 11.7. The summed E-state index contributed by atoms with van der Waals surface area (Å²) in [6, 6.07) is 0. The number of nitrogens with zero attached hydrogens (tertiary/aromatic N) is 4. The Kier molecular flexibility index (Phi) is 42.2. The van der Waals surface area contributed by atoms with Gasteiger partial charge in [-0.3, -0.25) is 33.6 Å². The zero-order valence-electron chi connectivity index (χ0n) is 32.5. The average Bonchev–Trinajstić information content (AvgIpc) is 3.50. The highest BCUT2D eigenvalue weighted by molar-refractivity contribution is 6.02. The van der Waals surface area contributed by atoms with Gasteiger partial charge in [0.1, 0.15) is 0 Å². The zero-order valence-corrected chi connectivity index (χ0v) is 32.5. The summed E-state index contributed by atoms with van der Waals surface area (Å²) < 4.78 is 0. The molecule has 0 radical (unpaired) electrons. The molecule has 1 aliphatic heterocycles. The number of carbonyl (C=O) groups excluding carboxylic acids is 7. The number of imide groups is 1. The number of hydroxylamine groups is 4. The van der Waals surface area contributed by atoms with E-state index >= 15 is 0 Å². The SMILES string of the molecule is C=CC(=O)NOCO/N=C/CC.C=CC(=O)ON1C(=O)CCC1=O.C=CC(N)=O.CC/C=N/OCON.CC/C=N/OCONC(=O)C(CC)CC(C)C(N)=O. The van der Waals surface area contributed by atoms with Gasteiger partial charge in [0.15, 0.2) is 0 Å². The van der Waals surface area contributed by atoms with Crippen LogP contribution in [-0.4, -0.2) is 85.5 Å². The van der Waals surface area contributed by atoms with Gasteiger partial charge in [-0.05, 0) is 44.3 Å². The number of carbonyl (C=O) groups is 7. The van der Waals surface area contributed by atoms with Gasteiger partial charge in [-0.15, -0.1) is 5.06 Å². The molecule has 1 fully saturated rings. The summed E-state index contributed by atoms with van der Waals surface area (Å²) in [5.41, 5.74) is 14.0. The average molecular weight is 804 g/mol. The van der Waals surface area contributed by atoms with E-state index in [1.54, 1.807) is 25.6 Å². The van der Waals surface area contributed by atoms with Crippen molar-refractivity contribution in [3.63, 3.8) is 0 Å². The van der Waals surface area contributed by atoms with Crippen molar-refractivity contribution in [3.05, 3.63) is 38.0 Å². The van der Waals surface area contributed by atoms with Gasteiger partial charge in [-0.1, -0.05) is 69.8 Å². The van der Waals surface area contributed by atoms with Crippen LogP contribution in [0.5, 0.6) is 0 Å². The van der Waals surface area contributed by atoms with Gasteiger partial charge in [0.2, 0.25) is 38.1 Å². The molecule has 0 bridgehead atoms. The topological polar surface area (TPSA) is 327 Å². The molecule has 0 saturated carbocycles. The van der Waals surface area contributed by atoms with Crippen LogP contribution in [0.3, 0.4) is 0 Å². The Balaban J connectivity index is -0.000000321. The second-order valence-electron chi connectivity index (χ2n) is 9.87. The van der Waals surface area contributed by atoms with Crippen LogP contribution in [0.15, 0.2) is 53.4 Å². The summed E-state index contributed by atoms with van der Waals surface area (Å²) in [6.07, 6.45) is 11.4. The van der Waals surface area contributed by atoms with Crippen LogP contribution in [0.4, 0.5) is 0 Å². The van der Waals surface area contributed by atoms with E-state index in [-0.39, 0.29) is 51.0 Å². The third-order valence-corrected chi connectivity index (χ3v) is 5.41. The minimum absolute atomic E-state index is 0.0104. The van der Waals surface area contributed by atoms with E-state index in [4.69, 9.17) is 15.4 Å². The van der Waals surface area contributed by atoms with Crippen molar-refractivity contribution in [2.45, 2.75) is 79.6 Å². The first-order valence-corrected chi connectivity index (χ1v) is 16.8. The van der Waals surface area contributed by atoms with Crippen LogP contribution in [0.2, 0.25) is 0 Å². The van der Waals surface area contributed by atoms with Crippen LogP contribution in [0.1, 0.15) is 79.6 Å². The van der Waals surface area contributed by atoms with E-state index in [0.29, 0.717) is 17.9 Å². The highest BCUT2D eigenvalue weighted by Gasteiger charge is 2.32. The van der Waals surface area contributed by atoms with Gasteiger partial charge in [-0.2, -0.15) is 0 Å². The number of rotatable bonds is 23. The lowest BCUT2D eigenvalue weighted by Crippen LogP contribution is -2.34. The lowest BCUT2D eigenvalue weighted by atomic mass is 9.93. The van der Waals surface area contributed by atoms with E-state index in [9.17, 15) is 33.6 Å². The van der Waals surface area contributed by atoms with Crippen molar-refractivity contribution >= 4 is 60.1 Å². The van der Waals surface area contributed by atoms with Crippen molar-refractivity contribution in [1.82, 2.24) is 16.0 Å². The monoisotopic (exact) mass is 803 g/mol. The highest BCUT2D eigenvalue weighted by Crippen LogP contribution is 2.15. The fourth-order valence-corrected chi connectivity index (χ4v) is 2.67. The molecule has 1 aliphatic rings. The van der Waals surface area contributed by atoms with Gasteiger partial charge < -0.3 is 30.8 Å². The molecule has 318 valence electrons. The number of hydrogen-bond donors (Lipinski definition) is 5. The van der Waals surface area contributed by atoms with Gasteiger partial charge in [-0.25, -0.2) is 31.3 Å². The predicted molar refractivity (Wildman–Crippen MR) is 202 cm³/mol. The molecule has 1 saturated heterocycles. The quantitative estimate of drug-likeness (QED) is 0.0242. The summed E-state index contributed by atoms with van der Waals surface area (Å²) in [5, 5.41) is 11.0. The zero-order chi connectivity index (χ0) is 43.6. The Labute approximate surface area is 326 Å². The second kappa shape index (κ2) is 41.7. The van der Waals surface area contributed by atoms with Crippen molar-refractivity contribution in [2.24, 2.45) is 44.7 Å². The highest BCUT2D eigenvalue weighted by atomic mass is 16.8. The van der Waals surface area contributed by atoms with Crippen LogP contribution >= 0.6 is 0 Å². The van der Waals surface area contributed by atoms with E-state index in [1.807, 2.05) is 27.7 Å². The largest absolute Gasteiger partial charge is 0.369 e. The van der Waals surface area contributed by atoms with Crippen LogP contribution in [0, 0.1) is 11.8 Å². The lowest BCUT2D eigenvalue weighted by Gasteiger charge is -2.16. The first-order chi connectivity index (χ1) is 26.7. The molecule has 8 N–H and O–H groups in total. The Morgan fingerprint density at radius 1 is 0.768 bits per heavy atom. The molecular formula is C33H57N9O14. The molecule has 0 aromatic carbocycles. The number of amides is 6. The molecule has 0 aliphatic carbocycles. The molecular weight excluding hydrogens is 746 g/mol. The van der Waals surface area contributed by atoms with E-state index in [2.05, 4.69) is 82.0 Å². The van der Waals surface area contributed by atoms with Crippen LogP contribution in [0.25, 0.3) is 0 Å². The molecule has 0 aromatic heterocycles. The minimum atomic E-state index is -0.807. The molecule has 0 aromatic rings. The number of primary amides is 2. The number of oxime groups is 3. The Morgan fingerprint density at radius 2 is 1.21 bits per heavy atom. The fraction of sp³-hybridized carbons (Fsp3) is 0.515. The summed E-state index contributed by atoms with van der Waals surface area (Å²) in [6.45, 7) is 18.5. The maximum atomic E-state index is 11.7. The maximum Gasteiger partial charge on any atom is 0.356 e. The fourth-order valence-electron chi connectivity index (χ4n) is 2.67. The van der Waals surface area contributed by atoms with E-state index in [0.717, 1.165) is 37.5 Å². The molecule has 6 amide bonds.